The summed E-state index contributed by atoms with van der Waals surface area (Å²) in [7, 11) is 0. The van der Waals surface area contributed by atoms with Crippen LogP contribution in [0.4, 0.5) is 23.0 Å². The van der Waals surface area contributed by atoms with Crippen LogP contribution in [0.5, 0.6) is 5.75 Å². The van der Waals surface area contributed by atoms with E-state index in [9.17, 15) is 9.90 Å². The maximum atomic E-state index is 12.1. The van der Waals surface area contributed by atoms with Gasteiger partial charge < -0.3 is 26.8 Å². The molecule has 9 nitrogen and oxygen atoms in total. The first-order chi connectivity index (χ1) is 14.5. The Balaban J connectivity index is 1.58. The number of pyridine rings is 1. The highest BCUT2D eigenvalue weighted by Crippen LogP contribution is 2.38. The summed E-state index contributed by atoms with van der Waals surface area (Å²) in [5, 5.41) is 12.6. The number of nitrogens with one attached hydrogen (secondary N) is 1. The van der Waals surface area contributed by atoms with E-state index in [1.807, 2.05) is 12.1 Å². The van der Waals surface area contributed by atoms with Crippen molar-refractivity contribution >= 4 is 28.9 Å². The predicted octanol–water partition coefficient (Wildman–Crippen LogP) is 2.39. The average Bonchev–Trinajstić information content (AvgIpc) is 2.76. The quantitative estimate of drug-likeness (QED) is 0.506. The van der Waals surface area contributed by atoms with Crippen LogP contribution < -0.4 is 21.7 Å². The highest BCUT2D eigenvalue weighted by Gasteiger charge is 2.28. The molecule has 2 aromatic heterocycles. The van der Waals surface area contributed by atoms with E-state index >= 15 is 0 Å². The third-order valence-electron chi connectivity index (χ3n) is 5.35. The zero-order valence-electron chi connectivity index (χ0n) is 16.3. The first-order valence-corrected chi connectivity index (χ1v) is 9.68. The summed E-state index contributed by atoms with van der Waals surface area (Å²) in [5.41, 5.74) is 14.6. The van der Waals surface area contributed by atoms with Gasteiger partial charge >= 0.3 is 0 Å². The van der Waals surface area contributed by atoms with Crippen LogP contribution in [-0.4, -0.2) is 39.1 Å². The van der Waals surface area contributed by atoms with Gasteiger partial charge in [-0.2, -0.15) is 0 Å². The topological polar surface area (TPSA) is 143 Å². The Morgan fingerprint density at radius 3 is 2.47 bits per heavy atom. The van der Waals surface area contributed by atoms with Crippen molar-refractivity contribution < 1.29 is 9.90 Å². The molecule has 154 valence electrons. The number of phenolic OH excluding ortho intramolecular Hbond substituents is 1. The molecule has 0 spiro atoms. The van der Waals surface area contributed by atoms with Crippen LogP contribution in [0.25, 0.3) is 0 Å². The minimum absolute atomic E-state index is 0.0753. The molecule has 1 aliphatic rings. The molecule has 9 heteroatoms. The van der Waals surface area contributed by atoms with Gasteiger partial charge in [0.2, 0.25) is 0 Å². The van der Waals surface area contributed by atoms with Gasteiger partial charge in [-0.05, 0) is 48.6 Å². The lowest BCUT2D eigenvalue weighted by Crippen LogP contribution is -2.34. The Bertz CT molecular complexity index is 1030. The van der Waals surface area contributed by atoms with Crippen LogP contribution in [0.15, 0.2) is 49.1 Å². The molecule has 1 amide bonds. The van der Waals surface area contributed by atoms with Gasteiger partial charge in [0.15, 0.2) is 5.82 Å². The number of phenols is 1. The normalized spacial score (nSPS) is 14.5. The minimum Gasteiger partial charge on any atom is -0.508 e. The third-order valence-corrected chi connectivity index (χ3v) is 5.35. The number of primary amides is 1. The third kappa shape index (κ3) is 3.95. The largest absolute Gasteiger partial charge is 0.508 e. The summed E-state index contributed by atoms with van der Waals surface area (Å²) < 4.78 is 0. The molecule has 0 bridgehead atoms. The van der Waals surface area contributed by atoms with Crippen molar-refractivity contribution in [2.45, 2.75) is 18.8 Å². The Hall–Kier alpha value is -3.88. The summed E-state index contributed by atoms with van der Waals surface area (Å²) in [6.45, 7) is 1.59. The first-order valence-electron chi connectivity index (χ1n) is 9.68. The molecule has 1 saturated heterocycles. The molecule has 3 aromatic rings. The van der Waals surface area contributed by atoms with Gasteiger partial charge in [0.25, 0.3) is 5.91 Å². The fraction of sp³-hybridized carbons (Fsp3) is 0.238. The summed E-state index contributed by atoms with van der Waals surface area (Å²) >= 11 is 0. The van der Waals surface area contributed by atoms with E-state index in [1.54, 1.807) is 30.7 Å². The van der Waals surface area contributed by atoms with Crippen molar-refractivity contribution in [2.24, 2.45) is 5.73 Å². The van der Waals surface area contributed by atoms with E-state index in [0.717, 1.165) is 37.2 Å². The van der Waals surface area contributed by atoms with Gasteiger partial charge in [-0.3, -0.25) is 9.78 Å². The molecule has 0 aliphatic carbocycles. The van der Waals surface area contributed by atoms with Gasteiger partial charge in [0, 0.05) is 37.4 Å². The van der Waals surface area contributed by atoms with Crippen molar-refractivity contribution in [3.63, 3.8) is 0 Å². The van der Waals surface area contributed by atoms with Gasteiger partial charge in [-0.25, -0.2) is 9.97 Å². The van der Waals surface area contributed by atoms with Gasteiger partial charge in [-0.1, -0.05) is 0 Å². The molecule has 3 heterocycles. The number of hydrogen-bond acceptors (Lipinski definition) is 8. The lowest BCUT2D eigenvalue weighted by atomic mass is 9.85. The number of benzene rings is 1. The first kappa shape index (κ1) is 19.4. The van der Waals surface area contributed by atoms with Crippen molar-refractivity contribution in [3.05, 3.63) is 60.2 Å². The maximum absolute atomic E-state index is 12.1. The second kappa shape index (κ2) is 8.24. The van der Waals surface area contributed by atoms with E-state index in [4.69, 9.17) is 11.5 Å². The van der Waals surface area contributed by atoms with E-state index < -0.39 is 5.91 Å². The monoisotopic (exact) mass is 405 g/mol. The molecule has 0 unspecified atom stereocenters. The summed E-state index contributed by atoms with van der Waals surface area (Å²) in [6.07, 6.45) is 7.79. The number of anilines is 4. The number of carbonyl (C=O) groups excluding carboxylic acids is 1. The zero-order chi connectivity index (χ0) is 21.1. The molecule has 30 heavy (non-hydrogen) atoms. The van der Waals surface area contributed by atoms with Crippen molar-refractivity contribution in [1.82, 2.24) is 15.0 Å². The molecular weight excluding hydrogens is 382 g/mol. The second-order valence-corrected chi connectivity index (χ2v) is 7.21. The standard InChI is InChI=1S/C21H23N7O2/c22-19-18(13-5-9-28(10-6-13)14-1-3-15(29)4-2-14)16(20(23)30)11-26-21(19)27-17-12-24-7-8-25-17/h1-4,7-8,11-13,29H,5-6,9-10,22H2,(H2,23,30)(H,25,26,27). The number of nitrogen functional groups attached to an aromatic ring is 1. The second-order valence-electron chi connectivity index (χ2n) is 7.21. The number of piperidine rings is 1. The summed E-state index contributed by atoms with van der Waals surface area (Å²) in [5.74, 6) is 0.711. The van der Waals surface area contributed by atoms with Crippen LogP contribution in [0.1, 0.15) is 34.7 Å². The molecule has 0 atom stereocenters. The Labute approximate surface area is 173 Å². The SMILES string of the molecule is NC(=O)c1cnc(Nc2cnccn2)c(N)c1C1CCN(c2ccc(O)cc2)CC1. The zero-order valence-corrected chi connectivity index (χ0v) is 16.3. The summed E-state index contributed by atoms with van der Waals surface area (Å²) in [4.78, 5) is 26.8. The Morgan fingerprint density at radius 2 is 1.83 bits per heavy atom. The lowest BCUT2D eigenvalue weighted by molar-refractivity contribution is 0.0998. The van der Waals surface area contributed by atoms with E-state index in [2.05, 4.69) is 25.2 Å². The van der Waals surface area contributed by atoms with Crippen LogP contribution in [0.3, 0.4) is 0 Å². The number of nitrogens with zero attached hydrogens (tertiary/aromatic N) is 4. The fourth-order valence-electron chi connectivity index (χ4n) is 3.85. The number of aromatic nitrogens is 3. The average molecular weight is 405 g/mol. The van der Waals surface area contributed by atoms with Crippen molar-refractivity contribution in [1.29, 1.82) is 0 Å². The number of amides is 1. The molecule has 1 fully saturated rings. The number of carbonyl (C=O) groups is 1. The molecule has 0 radical (unpaired) electrons. The van der Waals surface area contributed by atoms with Crippen LogP contribution in [0.2, 0.25) is 0 Å². The van der Waals surface area contributed by atoms with Gasteiger partial charge in [0.05, 0.1) is 17.4 Å². The molecule has 1 aliphatic heterocycles. The van der Waals surface area contributed by atoms with Crippen LogP contribution in [0, 0.1) is 0 Å². The molecule has 0 saturated carbocycles. The van der Waals surface area contributed by atoms with E-state index in [-0.39, 0.29) is 11.7 Å². The summed E-state index contributed by atoms with van der Waals surface area (Å²) in [6, 6.07) is 7.15. The van der Waals surface area contributed by atoms with Crippen molar-refractivity contribution in [3.8, 4) is 5.75 Å². The van der Waals surface area contributed by atoms with Crippen LogP contribution in [-0.2, 0) is 0 Å². The predicted molar refractivity (Wildman–Crippen MR) is 115 cm³/mol. The van der Waals surface area contributed by atoms with Gasteiger partial charge in [-0.15, -0.1) is 0 Å². The maximum Gasteiger partial charge on any atom is 0.250 e. The van der Waals surface area contributed by atoms with E-state index in [1.165, 1.54) is 6.20 Å². The lowest BCUT2D eigenvalue weighted by Gasteiger charge is -2.35. The minimum atomic E-state index is -0.545. The number of aromatic hydroxyl groups is 1. The number of rotatable bonds is 5. The fourth-order valence-corrected chi connectivity index (χ4v) is 3.85. The Kier molecular flexibility index (Phi) is 5.34. The van der Waals surface area contributed by atoms with Gasteiger partial charge in [0.1, 0.15) is 11.6 Å². The smallest absolute Gasteiger partial charge is 0.250 e. The number of hydrogen-bond donors (Lipinski definition) is 4. The molecule has 4 rings (SSSR count). The number of nitrogens with two attached hydrogens (primary N) is 2. The molecular formula is C21H23N7O2. The van der Waals surface area contributed by atoms with Crippen LogP contribution >= 0.6 is 0 Å². The van der Waals surface area contributed by atoms with E-state index in [0.29, 0.717) is 22.9 Å². The molecule has 6 N–H and O–H groups in total. The highest BCUT2D eigenvalue weighted by molar-refractivity contribution is 5.97. The highest BCUT2D eigenvalue weighted by atomic mass is 16.3. The Morgan fingerprint density at radius 1 is 1.10 bits per heavy atom. The van der Waals surface area contributed by atoms with Crippen molar-refractivity contribution in [2.75, 3.05) is 29.0 Å². The molecule has 1 aromatic carbocycles.